The van der Waals surface area contributed by atoms with Gasteiger partial charge >= 0.3 is 36.5 Å². The molecule has 0 heterocycles. The number of hydrogen-bond donors (Lipinski definition) is 1. The molecule has 16 heteroatoms. The minimum Gasteiger partial charge on any atom is -0.480 e. The fourth-order valence-corrected chi connectivity index (χ4v) is 2.95. The average molecular weight is 665 g/mol. The van der Waals surface area contributed by atoms with Gasteiger partial charge in [0, 0.05) is 14.1 Å². The van der Waals surface area contributed by atoms with Gasteiger partial charge in [0.2, 0.25) is 0 Å². The molecule has 0 aliphatic carbocycles. The summed E-state index contributed by atoms with van der Waals surface area (Å²) in [6.07, 6.45) is -14.6. The van der Waals surface area contributed by atoms with Gasteiger partial charge in [0.15, 0.2) is 0 Å². The second kappa shape index (κ2) is 18.3. The van der Waals surface area contributed by atoms with Crippen molar-refractivity contribution in [1.29, 1.82) is 0 Å². The maximum absolute atomic E-state index is 12.8. The molecule has 0 aliphatic heterocycles. The summed E-state index contributed by atoms with van der Waals surface area (Å²) in [6, 6.07) is 4.70. The predicted octanol–water partition coefficient (Wildman–Crippen LogP) is 7.45. The molecule has 45 heavy (non-hydrogen) atoms. The van der Waals surface area contributed by atoms with Crippen molar-refractivity contribution in [3.05, 3.63) is 35.9 Å². The average Bonchev–Trinajstić information content (AvgIpc) is 2.81. The zero-order chi connectivity index (χ0) is 34.0. The Morgan fingerprint density at radius 2 is 1.07 bits per heavy atom. The number of carboxylic acids is 1. The molecule has 2 amide bonds. The highest BCUT2D eigenvalue weighted by atomic mass is 19.4. The molecule has 1 N–H and O–H groups in total. The second-order valence-corrected chi connectivity index (χ2v) is 11.3. The molecule has 0 bridgehead atoms. The molecular formula is C29H46F6N2O8. The maximum atomic E-state index is 12.8. The number of carboxylic acid groups (broad SMARTS) is 1. The van der Waals surface area contributed by atoms with E-state index < -0.39 is 72.6 Å². The molecule has 1 rings (SSSR count). The van der Waals surface area contributed by atoms with E-state index in [1.54, 1.807) is 51.1 Å². The number of hydrogen-bond acceptors (Lipinski definition) is 7. The predicted molar refractivity (Wildman–Crippen MR) is 154 cm³/mol. The summed E-state index contributed by atoms with van der Waals surface area (Å²) in [5, 5.41) is 8.70. The minimum atomic E-state index is -4.68. The van der Waals surface area contributed by atoms with Gasteiger partial charge in [-0.1, -0.05) is 45.2 Å². The van der Waals surface area contributed by atoms with Crippen LogP contribution in [0.5, 0.6) is 0 Å². The van der Waals surface area contributed by atoms with Gasteiger partial charge in [-0.15, -0.1) is 0 Å². The summed E-state index contributed by atoms with van der Waals surface area (Å²) in [6.45, 7) is 9.12. The highest BCUT2D eigenvalue weighted by molar-refractivity contribution is 5.81. The minimum absolute atomic E-state index is 0. The van der Waals surface area contributed by atoms with Gasteiger partial charge in [-0.05, 0) is 47.1 Å². The smallest absolute Gasteiger partial charge is 0.410 e. The Morgan fingerprint density at radius 1 is 0.711 bits per heavy atom. The third-order valence-corrected chi connectivity index (χ3v) is 4.93. The fourth-order valence-electron chi connectivity index (χ4n) is 2.95. The first kappa shape index (κ1) is 45.7. The van der Waals surface area contributed by atoms with Crippen LogP contribution in [0.3, 0.4) is 0 Å². The number of halogens is 6. The summed E-state index contributed by atoms with van der Waals surface area (Å²) >= 11 is 0. The third kappa shape index (κ3) is 20.8. The number of amides is 2. The number of ether oxygens (including phenoxy) is 3. The number of rotatable bonds is 8. The largest absolute Gasteiger partial charge is 0.480 e. The van der Waals surface area contributed by atoms with Crippen LogP contribution in [-0.4, -0.2) is 88.8 Å². The lowest BCUT2D eigenvalue weighted by atomic mass is 10.1. The van der Waals surface area contributed by atoms with Crippen LogP contribution >= 0.6 is 0 Å². The zero-order valence-electron chi connectivity index (χ0n) is 25.1. The summed E-state index contributed by atoms with van der Waals surface area (Å²) in [4.78, 5) is 47.4. The van der Waals surface area contributed by atoms with E-state index in [1.807, 2.05) is 0 Å². The van der Waals surface area contributed by atoms with Crippen LogP contribution < -0.4 is 0 Å². The molecule has 1 aromatic rings. The van der Waals surface area contributed by atoms with Crippen molar-refractivity contribution in [2.45, 2.75) is 111 Å². The van der Waals surface area contributed by atoms with Crippen LogP contribution in [-0.2, 0) is 30.4 Å². The topological polar surface area (TPSA) is 123 Å². The molecular weight excluding hydrogens is 618 g/mol. The summed E-state index contributed by atoms with van der Waals surface area (Å²) in [7, 11) is 2.03. The first-order valence-electron chi connectivity index (χ1n) is 12.7. The Bertz CT molecular complexity index is 1070. The molecule has 2 unspecified atom stereocenters. The first-order valence-corrected chi connectivity index (χ1v) is 12.7. The molecule has 262 valence electrons. The number of carbonyl (C=O) groups is 4. The number of nitrogens with zero attached hydrogens (tertiary/aromatic N) is 2. The molecule has 0 radical (unpaired) electrons. The van der Waals surface area contributed by atoms with Gasteiger partial charge in [-0.25, -0.2) is 19.2 Å². The molecule has 0 fully saturated rings. The first-order chi connectivity index (χ1) is 19.2. The molecule has 0 aromatic heterocycles. The second-order valence-electron chi connectivity index (χ2n) is 11.3. The number of carbonyl (C=O) groups excluding carboxylic acids is 3. The number of esters is 1. The SMILES string of the molecule is C.C.CN(C(=O)OC(C)(C)C)C(CC(F)(F)F)C(=O)O.CN(C(=O)OC(C)(C)C)C(CC(F)(F)F)C(=O)OCc1ccccc1. The monoisotopic (exact) mass is 664 g/mol. The maximum Gasteiger partial charge on any atom is 0.410 e. The summed E-state index contributed by atoms with van der Waals surface area (Å²) in [5.41, 5.74) is -1.18. The van der Waals surface area contributed by atoms with E-state index in [4.69, 9.17) is 19.3 Å². The van der Waals surface area contributed by atoms with E-state index in [0.29, 0.717) is 15.4 Å². The van der Waals surface area contributed by atoms with E-state index in [1.165, 1.54) is 20.8 Å². The van der Waals surface area contributed by atoms with Crippen molar-refractivity contribution in [3.8, 4) is 0 Å². The Balaban J connectivity index is -0.000000789. The van der Waals surface area contributed by atoms with E-state index in [9.17, 15) is 45.5 Å². The highest BCUT2D eigenvalue weighted by Crippen LogP contribution is 2.26. The Morgan fingerprint density at radius 3 is 1.40 bits per heavy atom. The quantitative estimate of drug-likeness (QED) is 0.173. The lowest BCUT2D eigenvalue weighted by Crippen LogP contribution is -2.47. The van der Waals surface area contributed by atoms with E-state index in [2.05, 4.69) is 0 Å². The van der Waals surface area contributed by atoms with Gasteiger partial charge in [0.1, 0.15) is 29.9 Å². The van der Waals surface area contributed by atoms with E-state index in [-0.39, 0.29) is 21.5 Å². The Labute approximate surface area is 260 Å². The zero-order valence-corrected chi connectivity index (χ0v) is 25.1. The summed E-state index contributed by atoms with van der Waals surface area (Å²) < 4.78 is 89.7. The Kier molecular flexibility index (Phi) is 18.6. The van der Waals surface area contributed by atoms with Crippen molar-refractivity contribution in [1.82, 2.24) is 9.80 Å². The van der Waals surface area contributed by atoms with Crippen molar-refractivity contribution < 1.29 is 64.8 Å². The fraction of sp³-hybridized carbons (Fsp3) is 0.655. The van der Waals surface area contributed by atoms with Crippen LogP contribution in [0.15, 0.2) is 30.3 Å². The normalized spacial score (nSPS) is 12.8. The molecule has 2 atom stereocenters. The van der Waals surface area contributed by atoms with Gasteiger partial charge < -0.3 is 19.3 Å². The van der Waals surface area contributed by atoms with Crippen LogP contribution in [0.4, 0.5) is 35.9 Å². The van der Waals surface area contributed by atoms with Gasteiger partial charge in [-0.2, -0.15) is 26.3 Å². The van der Waals surface area contributed by atoms with Gasteiger partial charge in [-0.3, -0.25) is 9.80 Å². The number of aliphatic carboxylic acids is 1. The van der Waals surface area contributed by atoms with E-state index in [0.717, 1.165) is 14.1 Å². The van der Waals surface area contributed by atoms with Crippen molar-refractivity contribution in [2.24, 2.45) is 0 Å². The van der Waals surface area contributed by atoms with Crippen LogP contribution in [0.2, 0.25) is 0 Å². The highest BCUT2D eigenvalue weighted by Gasteiger charge is 2.42. The standard InChI is InChI=1S/C17H22F3NO4.C10H16F3NO4.2CH4/c1-16(2,3)25-15(23)21(4)13(10-17(18,19)20)14(22)24-11-12-8-6-5-7-9-12;1-9(2,3)18-8(17)14(4)6(7(15)16)5-10(11,12)13;;/h5-9,13H,10-11H2,1-4H3;6H,5H2,1-4H3,(H,15,16);2*1H4. The molecule has 0 spiro atoms. The third-order valence-electron chi connectivity index (χ3n) is 4.93. The summed E-state index contributed by atoms with van der Waals surface area (Å²) in [5.74, 6) is -2.88. The van der Waals surface area contributed by atoms with Crippen molar-refractivity contribution >= 4 is 24.1 Å². The van der Waals surface area contributed by atoms with Gasteiger partial charge in [0.25, 0.3) is 0 Å². The lowest BCUT2D eigenvalue weighted by Gasteiger charge is -2.30. The number of benzene rings is 1. The number of alkyl halides is 6. The number of likely N-dealkylation sites (N-methyl/N-ethyl adjacent to an activating group) is 2. The van der Waals surface area contributed by atoms with Crippen LogP contribution in [0.25, 0.3) is 0 Å². The lowest BCUT2D eigenvalue weighted by molar-refractivity contribution is -0.169. The Hall–Kier alpha value is -3.72. The molecule has 10 nitrogen and oxygen atoms in total. The molecule has 0 saturated heterocycles. The van der Waals surface area contributed by atoms with Crippen LogP contribution in [0, 0.1) is 0 Å². The molecule has 0 saturated carbocycles. The van der Waals surface area contributed by atoms with Crippen molar-refractivity contribution in [3.63, 3.8) is 0 Å². The van der Waals surface area contributed by atoms with E-state index >= 15 is 0 Å². The van der Waals surface area contributed by atoms with Gasteiger partial charge in [0.05, 0.1) is 12.8 Å². The molecule has 1 aromatic carbocycles. The van der Waals surface area contributed by atoms with Crippen LogP contribution in [0.1, 0.15) is 74.8 Å². The molecule has 0 aliphatic rings. The van der Waals surface area contributed by atoms with Crippen molar-refractivity contribution in [2.75, 3.05) is 14.1 Å².